The van der Waals surface area contributed by atoms with E-state index in [0.717, 1.165) is 0 Å². The Balaban J connectivity index is 2.29. The first-order valence-corrected chi connectivity index (χ1v) is 7.17. The van der Waals surface area contributed by atoms with Crippen molar-refractivity contribution in [2.75, 3.05) is 11.4 Å². The van der Waals surface area contributed by atoms with Crippen molar-refractivity contribution in [2.45, 2.75) is 25.2 Å². The number of hydrogen-bond donors (Lipinski definition) is 1. The molecule has 0 spiro atoms. The second-order valence-electron chi connectivity index (χ2n) is 5.36. The molecule has 1 saturated heterocycles. The van der Waals surface area contributed by atoms with E-state index in [9.17, 15) is 13.2 Å². The Bertz CT molecular complexity index is 576. The van der Waals surface area contributed by atoms with Gasteiger partial charge in [0.1, 0.15) is 0 Å². The lowest BCUT2D eigenvalue weighted by Crippen LogP contribution is -2.26. The molecule has 0 aromatic heterocycles. The van der Waals surface area contributed by atoms with Crippen molar-refractivity contribution < 1.29 is 13.2 Å². The number of benzene rings is 1. The minimum atomic E-state index is -3.68. The van der Waals surface area contributed by atoms with Crippen LogP contribution in [0.4, 0.5) is 5.69 Å². The number of carbonyl (C=O) groups excluding carboxylic acids is 1. The van der Waals surface area contributed by atoms with Gasteiger partial charge in [0.05, 0.1) is 4.90 Å². The molecule has 1 heterocycles. The van der Waals surface area contributed by atoms with Crippen LogP contribution in [0.1, 0.15) is 20.3 Å². The summed E-state index contributed by atoms with van der Waals surface area (Å²) in [6.45, 7) is 4.70. The van der Waals surface area contributed by atoms with Crippen LogP contribution < -0.4 is 10.0 Å². The standard InChI is InChI=1S/C12H16N2O3S/c1-12(2)7-11(15)14(8-12)9-3-5-10(6-4-9)18(13,16)17/h3-6H,7-8H2,1-2H3,(H2,13,16,17). The maximum absolute atomic E-state index is 11.9. The van der Waals surface area contributed by atoms with Crippen molar-refractivity contribution >= 4 is 21.6 Å². The number of primary sulfonamides is 1. The van der Waals surface area contributed by atoms with Gasteiger partial charge in [-0.25, -0.2) is 13.6 Å². The summed E-state index contributed by atoms with van der Waals surface area (Å²) in [5.41, 5.74) is 0.661. The van der Waals surface area contributed by atoms with Crippen LogP contribution >= 0.6 is 0 Å². The van der Waals surface area contributed by atoms with Crippen LogP contribution in [0.15, 0.2) is 29.2 Å². The van der Waals surface area contributed by atoms with Crippen molar-refractivity contribution in [1.29, 1.82) is 0 Å². The molecule has 18 heavy (non-hydrogen) atoms. The highest BCUT2D eigenvalue weighted by Crippen LogP contribution is 2.33. The lowest BCUT2D eigenvalue weighted by Gasteiger charge is -2.19. The molecule has 2 N–H and O–H groups in total. The Morgan fingerprint density at radius 3 is 2.17 bits per heavy atom. The van der Waals surface area contributed by atoms with E-state index in [4.69, 9.17) is 5.14 Å². The monoisotopic (exact) mass is 268 g/mol. The predicted octanol–water partition coefficient (Wildman–Crippen LogP) is 1.10. The molecule has 0 atom stereocenters. The summed E-state index contributed by atoms with van der Waals surface area (Å²) in [5, 5.41) is 5.02. The van der Waals surface area contributed by atoms with Crippen molar-refractivity contribution in [2.24, 2.45) is 10.6 Å². The van der Waals surface area contributed by atoms with Gasteiger partial charge in [-0.05, 0) is 29.7 Å². The molecule has 0 radical (unpaired) electrons. The zero-order valence-corrected chi connectivity index (χ0v) is 11.2. The molecule has 1 aliphatic rings. The van der Waals surface area contributed by atoms with Crippen LogP contribution in [0.25, 0.3) is 0 Å². The summed E-state index contributed by atoms with van der Waals surface area (Å²) >= 11 is 0. The lowest BCUT2D eigenvalue weighted by molar-refractivity contribution is -0.117. The third-order valence-electron chi connectivity index (χ3n) is 2.99. The topological polar surface area (TPSA) is 80.5 Å². The number of nitrogens with zero attached hydrogens (tertiary/aromatic N) is 1. The molecule has 1 amide bonds. The van der Waals surface area contributed by atoms with E-state index >= 15 is 0 Å². The van der Waals surface area contributed by atoms with Gasteiger partial charge in [0.2, 0.25) is 15.9 Å². The Kier molecular flexibility index (Phi) is 2.95. The van der Waals surface area contributed by atoms with Crippen LogP contribution in [-0.2, 0) is 14.8 Å². The zero-order valence-electron chi connectivity index (χ0n) is 10.4. The van der Waals surface area contributed by atoms with E-state index in [0.29, 0.717) is 18.7 Å². The van der Waals surface area contributed by atoms with E-state index < -0.39 is 10.0 Å². The Morgan fingerprint density at radius 1 is 1.22 bits per heavy atom. The van der Waals surface area contributed by atoms with Crippen molar-refractivity contribution in [3.05, 3.63) is 24.3 Å². The maximum Gasteiger partial charge on any atom is 0.238 e. The summed E-state index contributed by atoms with van der Waals surface area (Å²) in [5.74, 6) is 0.0587. The average Bonchev–Trinajstić information content (AvgIpc) is 2.51. The third-order valence-corrected chi connectivity index (χ3v) is 3.92. The lowest BCUT2D eigenvalue weighted by atomic mass is 9.93. The average molecular weight is 268 g/mol. The number of rotatable bonds is 2. The Hall–Kier alpha value is -1.40. The molecule has 6 heteroatoms. The van der Waals surface area contributed by atoms with Gasteiger partial charge in [-0.2, -0.15) is 0 Å². The van der Waals surface area contributed by atoms with Crippen LogP contribution in [0.2, 0.25) is 0 Å². The smallest absolute Gasteiger partial charge is 0.238 e. The minimum Gasteiger partial charge on any atom is -0.312 e. The van der Waals surface area contributed by atoms with Crippen LogP contribution in [-0.4, -0.2) is 20.9 Å². The number of sulfonamides is 1. The molecule has 0 unspecified atom stereocenters. The van der Waals surface area contributed by atoms with Crippen molar-refractivity contribution in [1.82, 2.24) is 0 Å². The summed E-state index contributed by atoms with van der Waals surface area (Å²) in [4.78, 5) is 13.6. The molecule has 1 aromatic rings. The first kappa shape index (κ1) is 13.0. The molecular weight excluding hydrogens is 252 g/mol. The van der Waals surface area contributed by atoms with E-state index in [2.05, 4.69) is 0 Å². The molecule has 0 saturated carbocycles. The Labute approximate surface area is 107 Å². The second-order valence-corrected chi connectivity index (χ2v) is 6.92. The first-order valence-electron chi connectivity index (χ1n) is 5.62. The van der Waals surface area contributed by atoms with Crippen LogP contribution in [0, 0.1) is 5.41 Å². The van der Waals surface area contributed by atoms with E-state index in [1.54, 1.807) is 17.0 Å². The number of anilines is 1. The van der Waals surface area contributed by atoms with E-state index in [1.807, 2.05) is 13.8 Å². The molecule has 0 aliphatic carbocycles. The molecule has 98 valence electrons. The van der Waals surface area contributed by atoms with Crippen LogP contribution in [0.5, 0.6) is 0 Å². The van der Waals surface area contributed by atoms with Crippen LogP contribution in [0.3, 0.4) is 0 Å². The van der Waals surface area contributed by atoms with E-state index in [-0.39, 0.29) is 16.2 Å². The number of carbonyl (C=O) groups is 1. The summed E-state index contributed by atoms with van der Waals surface area (Å²) in [6.07, 6.45) is 0.504. The second kappa shape index (κ2) is 4.07. The molecule has 0 bridgehead atoms. The van der Waals surface area contributed by atoms with Gasteiger partial charge < -0.3 is 4.90 Å². The van der Waals surface area contributed by atoms with Gasteiger partial charge >= 0.3 is 0 Å². The zero-order chi connectivity index (χ0) is 13.6. The fraction of sp³-hybridized carbons (Fsp3) is 0.417. The van der Waals surface area contributed by atoms with Gasteiger partial charge in [0.15, 0.2) is 0 Å². The third kappa shape index (κ3) is 2.54. The fourth-order valence-electron chi connectivity index (χ4n) is 2.13. The summed E-state index contributed by atoms with van der Waals surface area (Å²) in [6, 6.07) is 6.06. The van der Waals surface area contributed by atoms with Gasteiger partial charge in [0.25, 0.3) is 0 Å². The van der Waals surface area contributed by atoms with E-state index in [1.165, 1.54) is 12.1 Å². The predicted molar refractivity (Wildman–Crippen MR) is 68.6 cm³/mol. The van der Waals surface area contributed by atoms with Gasteiger partial charge in [-0.1, -0.05) is 13.8 Å². The van der Waals surface area contributed by atoms with Gasteiger partial charge in [0, 0.05) is 18.7 Å². The van der Waals surface area contributed by atoms with Crippen molar-refractivity contribution in [3.8, 4) is 0 Å². The maximum atomic E-state index is 11.9. The number of nitrogens with two attached hydrogens (primary N) is 1. The highest BCUT2D eigenvalue weighted by Gasteiger charge is 2.36. The quantitative estimate of drug-likeness (QED) is 0.872. The first-order chi connectivity index (χ1) is 8.19. The number of hydrogen-bond acceptors (Lipinski definition) is 3. The molecule has 1 fully saturated rings. The molecule has 2 rings (SSSR count). The van der Waals surface area contributed by atoms with Crippen molar-refractivity contribution in [3.63, 3.8) is 0 Å². The molecule has 1 aliphatic heterocycles. The number of amides is 1. The summed E-state index contributed by atoms with van der Waals surface area (Å²) in [7, 11) is -3.68. The molecule has 5 nitrogen and oxygen atoms in total. The molecule has 1 aromatic carbocycles. The largest absolute Gasteiger partial charge is 0.312 e. The summed E-state index contributed by atoms with van der Waals surface area (Å²) < 4.78 is 22.3. The normalized spacial score (nSPS) is 19.3. The van der Waals surface area contributed by atoms with Gasteiger partial charge in [-0.15, -0.1) is 0 Å². The molecular formula is C12H16N2O3S. The fourth-order valence-corrected chi connectivity index (χ4v) is 2.64. The highest BCUT2D eigenvalue weighted by atomic mass is 32.2. The van der Waals surface area contributed by atoms with Gasteiger partial charge in [-0.3, -0.25) is 4.79 Å². The minimum absolute atomic E-state index is 0.0459. The highest BCUT2D eigenvalue weighted by molar-refractivity contribution is 7.89. The Morgan fingerprint density at radius 2 is 1.78 bits per heavy atom. The SMILES string of the molecule is CC1(C)CC(=O)N(c2ccc(S(N)(=O)=O)cc2)C1.